The van der Waals surface area contributed by atoms with Crippen molar-refractivity contribution < 1.29 is 8.42 Å². The molecule has 0 amide bonds. The van der Waals surface area contributed by atoms with Crippen LogP contribution in [0.4, 0.5) is 0 Å². The zero-order valence-electron chi connectivity index (χ0n) is 11.3. The first-order valence-corrected chi connectivity index (χ1v) is 8.66. The lowest BCUT2D eigenvalue weighted by Gasteiger charge is -2.32. The Morgan fingerprint density at radius 2 is 2.00 bits per heavy atom. The van der Waals surface area contributed by atoms with Gasteiger partial charge in [-0.3, -0.25) is 0 Å². The van der Waals surface area contributed by atoms with E-state index in [0.717, 1.165) is 19.3 Å². The molecule has 3 atom stereocenters. The van der Waals surface area contributed by atoms with Crippen molar-refractivity contribution >= 4 is 26.0 Å². The summed E-state index contributed by atoms with van der Waals surface area (Å²) in [5.74, 6) is 1.19. The van der Waals surface area contributed by atoms with Gasteiger partial charge < -0.3 is 0 Å². The highest BCUT2D eigenvalue weighted by Gasteiger charge is 2.31. The molecule has 0 radical (unpaired) electrons. The van der Waals surface area contributed by atoms with Crippen LogP contribution in [0.1, 0.15) is 33.1 Å². The molecule has 1 aromatic rings. The van der Waals surface area contributed by atoms with E-state index in [9.17, 15) is 8.42 Å². The van der Waals surface area contributed by atoms with Gasteiger partial charge in [-0.1, -0.05) is 19.1 Å². The van der Waals surface area contributed by atoms with Crippen molar-refractivity contribution in [1.82, 2.24) is 19.7 Å². The van der Waals surface area contributed by atoms with Crippen LogP contribution in [0.2, 0.25) is 0 Å². The van der Waals surface area contributed by atoms with Crippen LogP contribution in [-0.2, 0) is 17.1 Å². The van der Waals surface area contributed by atoms with E-state index >= 15 is 0 Å². The smallest absolute Gasteiger partial charge is 0.235 e. The minimum atomic E-state index is -3.58. The molecule has 0 aliphatic heterocycles. The molecule has 3 unspecified atom stereocenters. The van der Waals surface area contributed by atoms with E-state index in [2.05, 4.69) is 44.8 Å². The topological polar surface area (TPSA) is 76.9 Å². The van der Waals surface area contributed by atoms with Crippen LogP contribution < -0.4 is 4.72 Å². The number of sulfonamides is 1. The van der Waals surface area contributed by atoms with Crippen molar-refractivity contribution in [3.63, 3.8) is 0 Å². The predicted molar refractivity (Wildman–Crippen MR) is 75.0 cm³/mol. The normalized spacial score (nSPS) is 28.5. The number of aromatic nitrogens is 3. The number of hydrogen-bond acceptors (Lipinski definition) is 4. The Kier molecular flexibility index (Phi) is 4.32. The molecule has 1 N–H and O–H groups in total. The molecule has 108 valence electrons. The number of nitrogens with one attached hydrogen (secondary N) is 1. The fourth-order valence-corrected chi connectivity index (χ4v) is 4.92. The summed E-state index contributed by atoms with van der Waals surface area (Å²) in [7, 11) is -2.01. The van der Waals surface area contributed by atoms with Crippen molar-refractivity contribution in [3.05, 3.63) is 4.60 Å². The Morgan fingerprint density at radius 3 is 2.53 bits per heavy atom. The fourth-order valence-electron chi connectivity index (χ4n) is 2.54. The average Bonchev–Trinajstić information content (AvgIpc) is 2.64. The predicted octanol–water partition coefficient (Wildman–Crippen LogP) is 1.68. The minimum absolute atomic E-state index is 0.00185. The van der Waals surface area contributed by atoms with Gasteiger partial charge in [-0.05, 0) is 47.0 Å². The third-order valence-corrected chi connectivity index (χ3v) is 6.32. The molecule has 1 aliphatic rings. The zero-order chi connectivity index (χ0) is 14.2. The van der Waals surface area contributed by atoms with Gasteiger partial charge in [0, 0.05) is 13.1 Å². The molecule has 6 nitrogen and oxygen atoms in total. The standard InChI is InChI=1S/C11H19BrN4O2S/c1-7-4-5-9(6-8(7)2)14-19(17,18)11-10(12)13-15-16(11)3/h7-9,14H,4-6H2,1-3H3. The third kappa shape index (κ3) is 3.17. The molecule has 1 heterocycles. The summed E-state index contributed by atoms with van der Waals surface area (Å²) < 4.78 is 29.0. The van der Waals surface area contributed by atoms with Crippen LogP contribution in [0.25, 0.3) is 0 Å². The number of rotatable bonds is 3. The lowest BCUT2D eigenvalue weighted by molar-refractivity contribution is 0.241. The van der Waals surface area contributed by atoms with Crippen LogP contribution in [0, 0.1) is 11.8 Å². The Bertz CT molecular complexity index is 538. The number of halogens is 1. The van der Waals surface area contributed by atoms with Gasteiger partial charge in [0.15, 0.2) is 4.60 Å². The summed E-state index contributed by atoms with van der Waals surface area (Å²) in [4.78, 5) is 0. The SMILES string of the molecule is CC1CCC(NS(=O)(=O)c2c(Br)nnn2C)CC1C. The molecular formula is C11H19BrN4O2S. The maximum atomic E-state index is 12.3. The van der Waals surface area contributed by atoms with Gasteiger partial charge in [0.1, 0.15) is 0 Å². The lowest BCUT2D eigenvalue weighted by atomic mass is 9.79. The Labute approximate surface area is 122 Å². The van der Waals surface area contributed by atoms with Crippen LogP contribution in [0.15, 0.2) is 9.63 Å². The largest absolute Gasteiger partial charge is 0.260 e. The summed E-state index contributed by atoms with van der Waals surface area (Å²) in [5.41, 5.74) is 0. The number of aryl methyl sites for hydroxylation is 1. The van der Waals surface area contributed by atoms with Gasteiger partial charge in [-0.15, -0.1) is 5.10 Å². The van der Waals surface area contributed by atoms with E-state index in [1.807, 2.05) is 0 Å². The van der Waals surface area contributed by atoms with E-state index in [1.54, 1.807) is 7.05 Å². The van der Waals surface area contributed by atoms with Gasteiger partial charge in [0.2, 0.25) is 5.03 Å². The average molecular weight is 351 g/mol. The fraction of sp³-hybridized carbons (Fsp3) is 0.818. The van der Waals surface area contributed by atoms with Crippen molar-refractivity contribution in [2.75, 3.05) is 0 Å². The highest BCUT2D eigenvalue weighted by atomic mass is 79.9. The second kappa shape index (κ2) is 5.49. The Morgan fingerprint density at radius 1 is 1.32 bits per heavy atom. The van der Waals surface area contributed by atoms with Gasteiger partial charge in [0.25, 0.3) is 10.0 Å². The minimum Gasteiger partial charge on any atom is -0.235 e. The van der Waals surface area contributed by atoms with E-state index in [4.69, 9.17) is 0 Å². The van der Waals surface area contributed by atoms with Crippen molar-refractivity contribution in [3.8, 4) is 0 Å². The molecule has 2 rings (SSSR count). The van der Waals surface area contributed by atoms with Crippen LogP contribution in [0.3, 0.4) is 0 Å². The van der Waals surface area contributed by atoms with Crippen LogP contribution >= 0.6 is 15.9 Å². The molecular weight excluding hydrogens is 332 g/mol. The first kappa shape index (κ1) is 14.9. The molecule has 0 spiro atoms. The summed E-state index contributed by atoms with van der Waals surface area (Å²) >= 11 is 3.13. The Hall–Kier alpha value is -0.470. The third-order valence-electron chi connectivity index (χ3n) is 3.91. The molecule has 19 heavy (non-hydrogen) atoms. The van der Waals surface area contributed by atoms with Gasteiger partial charge in [0.05, 0.1) is 0 Å². The van der Waals surface area contributed by atoms with E-state index in [-0.39, 0.29) is 15.7 Å². The maximum Gasteiger partial charge on any atom is 0.260 e. The maximum absolute atomic E-state index is 12.3. The Balaban J connectivity index is 2.15. The number of hydrogen-bond donors (Lipinski definition) is 1. The number of nitrogens with zero attached hydrogens (tertiary/aromatic N) is 3. The molecule has 0 saturated heterocycles. The molecule has 1 fully saturated rings. The second-order valence-electron chi connectivity index (χ2n) is 5.39. The van der Waals surface area contributed by atoms with Crippen molar-refractivity contribution in [2.24, 2.45) is 18.9 Å². The van der Waals surface area contributed by atoms with E-state index < -0.39 is 10.0 Å². The molecule has 8 heteroatoms. The van der Waals surface area contributed by atoms with Crippen molar-refractivity contribution in [2.45, 2.75) is 44.2 Å². The summed E-state index contributed by atoms with van der Waals surface area (Å²) in [5, 5.41) is 7.50. The first-order valence-electron chi connectivity index (χ1n) is 6.38. The van der Waals surface area contributed by atoms with Crippen molar-refractivity contribution in [1.29, 1.82) is 0 Å². The van der Waals surface area contributed by atoms with Gasteiger partial charge in [-0.2, -0.15) is 0 Å². The van der Waals surface area contributed by atoms with Crippen LogP contribution in [-0.4, -0.2) is 29.5 Å². The summed E-state index contributed by atoms with van der Waals surface area (Å²) in [6, 6.07) is -0.00185. The quantitative estimate of drug-likeness (QED) is 0.899. The summed E-state index contributed by atoms with van der Waals surface area (Å²) in [6.45, 7) is 4.39. The van der Waals surface area contributed by atoms with Gasteiger partial charge >= 0.3 is 0 Å². The van der Waals surface area contributed by atoms with E-state index in [1.165, 1.54) is 4.68 Å². The molecule has 1 aliphatic carbocycles. The highest BCUT2D eigenvalue weighted by Crippen LogP contribution is 2.30. The molecule has 1 saturated carbocycles. The van der Waals surface area contributed by atoms with E-state index in [0.29, 0.717) is 11.8 Å². The monoisotopic (exact) mass is 350 g/mol. The summed E-state index contributed by atoms with van der Waals surface area (Å²) in [6.07, 6.45) is 2.82. The molecule has 0 aromatic carbocycles. The second-order valence-corrected chi connectivity index (χ2v) is 7.78. The zero-order valence-corrected chi connectivity index (χ0v) is 13.7. The lowest BCUT2D eigenvalue weighted by Crippen LogP contribution is -2.40. The molecule has 0 bridgehead atoms. The first-order chi connectivity index (χ1) is 8.81. The highest BCUT2D eigenvalue weighted by molar-refractivity contribution is 9.10. The molecule has 1 aromatic heterocycles. The van der Waals surface area contributed by atoms with Crippen LogP contribution in [0.5, 0.6) is 0 Å². The van der Waals surface area contributed by atoms with Gasteiger partial charge in [-0.25, -0.2) is 17.8 Å².